The number of rotatable bonds is 7. The molecule has 8 heteroatoms. The number of hydrogen-bond donors (Lipinski definition) is 1. The fourth-order valence-corrected chi connectivity index (χ4v) is 2.34. The van der Waals surface area contributed by atoms with Crippen molar-refractivity contribution in [1.82, 2.24) is 5.32 Å². The van der Waals surface area contributed by atoms with Crippen LogP contribution in [-0.4, -0.2) is 38.7 Å². The van der Waals surface area contributed by atoms with Crippen LogP contribution in [0, 0.1) is 0 Å². The molecule has 1 N–H and O–H groups in total. The van der Waals surface area contributed by atoms with Gasteiger partial charge in [-0.3, -0.25) is 4.79 Å². The average Bonchev–Trinajstić information content (AvgIpc) is 2.34. The van der Waals surface area contributed by atoms with Crippen molar-refractivity contribution in [3.63, 3.8) is 0 Å². The molecule has 0 saturated carbocycles. The number of carbonyl (C=O) groups is 2. The smallest absolute Gasteiger partial charge is 0.329 e. The number of benzene rings is 1. The maximum atomic E-state index is 12.0. The molecule has 0 unspecified atom stereocenters. The molecule has 1 rings (SSSR count). The third-order valence-electron chi connectivity index (χ3n) is 2.60. The predicted octanol–water partition coefficient (Wildman–Crippen LogP) is 1.02. The van der Waals surface area contributed by atoms with E-state index in [4.69, 9.17) is 8.92 Å². The molecule has 0 fully saturated rings. The van der Waals surface area contributed by atoms with E-state index in [0.29, 0.717) is 5.56 Å². The van der Waals surface area contributed by atoms with E-state index >= 15 is 0 Å². The topological polar surface area (TPSA) is 98.8 Å². The molecule has 1 aromatic rings. The molecule has 1 atom stereocenters. The van der Waals surface area contributed by atoms with Crippen LogP contribution in [0.5, 0.6) is 5.75 Å². The fraction of sp³-hybridized carbons (Fsp3) is 0.467. The van der Waals surface area contributed by atoms with Gasteiger partial charge in [0.2, 0.25) is 5.91 Å². The van der Waals surface area contributed by atoms with Gasteiger partial charge in [-0.15, -0.1) is 0 Å². The Hall–Kier alpha value is -2.09. The zero-order chi connectivity index (χ0) is 17.6. The van der Waals surface area contributed by atoms with E-state index in [1.165, 1.54) is 19.1 Å². The van der Waals surface area contributed by atoms with Gasteiger partial charge < -0.3 is 14.2 Å². The first-order chi connectivity index (χ1) is 10.6. The SMILES string of the molecule is CC(=O)N[C@@H](Cc1cccc(OS(C)(=O)=O)c1)C(=O)OC(C)C. The molecule has 0 saturated heterocycles. The lowest BCUT2D eigenvalue weighted by molar-refractivity contribution is -0.151. The van der Waals surface area contributed by atoms with E-state index in [1.807, 2.05) is 0 Å². The summed E-state index contributed by atoms with van der Waals surface area (Å²) in [6.07, 6.45) is 0.796. The molecule has 1 aromatic carbocycles. The molecule has 0 aliphatic heterocycles. The summed E-state index contributed by atoms with van der Waals surface area (Å²) in [6, 6.07) is 5.44. The Morgan fingerprint density at radius 3 is 2.43 bits per heavy atom. The van der Waals surface area contributed by atoms with Crippen LogP contribution >= 0.6 is 0 Å². The van der Waals surface area contributed by atoms with E-state index < -0.39 is 22.1 Å². The zero-order valence-corrected chi connectivity index (χ0v) is 14.3. The van der Waals surface area contributed by atoms with Crippen molar-refractivity contribution >= 4 is 22.0 Å². The van der Waals surface area contributed by atoms with Crippen molar-refractivity contribution in [2.24, 2.45) is 0 Å². The molecule has 0 aromatic heterocycles. The van der Waals surface area contributed by atoms with Crippen molar-refractivity contribution in [3.8, 4) is 5.75 Å². The van der Waals surface area contributed by atoms with Gasteiger partial charge in [0.05, 0.1) is 12.4 Å². The molecule has 0 aliphatic carbocycles. The number of amides is 1. The maximum absolute atomic E-state index is 12.0. The molecule has 1 amide bonds. The molecule has 0 aliphatic rings. The molecular weight excluding hydrogens is 322 g/mol. The summed E-state index contributed by atoms with van der Waals surface area (Å²) in [5, 5.41) is 2.53. The lowest BCUT2D eigenvalue weighted by Crippen LogP contribution is -2.43. The van der Waals surface area contributed by atoms with Crippen molar-refractivity contribution in [2.45, 2.75) is 39.3 Å². The van der Waals surface area contributed by atoms with Gasteiger partial charge in [0.15, 0.2) is 0 Å². The highest BCUT2D eigenvalue weighted by molar-refractivity contribution is 7.86. The van der Waals surface area contributed by atoms with E-state index in [1.54, 1.807) is 26.0 Å². The lowest BCUT2D eigenvalue weighted by Gasteiger charge is -2.18. The van der Waals surface area contributed by atoms with Crippen molar-refractivity contribution in [1.29, 1.82) is 0 Å². The minimum Gasteiger partial charge on any atom is -0.461 e. The Kier molecular flexibility index (Phi) is 6.56. The summed E-state index contributed by atoms with van der Waals surface area (Å²) in [4.78, 5) is 23.3. The summed E-state index contributed by atoms with van der Waals surface area (Å²) in [6.45, 7) is 4.73. The summed E-state index contributed by atoms with van der Waals surface area (Å²) in [5.74, 6) is -0.771. The number of nitrogens with one attached hydrogen (secondary N) is 1. The van der Waals surface area contributed by atoms with Crippen LogP contribution in [-0.2, 0) is 30.9 Å². The number of carbonyl (C=O) groups excluding carboxylic acids is 2. The highest BCUT2D eigenvalue weighted by Crippen LogP contribution is 2.17. The van der Waals surface area contributed by atoms with Crippen molar-refractivity contribution in [3.05, 3.63) is 29.8 Å². The van der Waals surface area contributed by atoms with Gasteiger partial charge in [0.1, 0.15) is 11.8 Å². The van der Waals surface area contributed by atoms with Gasteiger partial charge in [0, 0.05) is 13.3 Å². The second-order valence-electron chi connectivity index (χ2n) is 5.38. The monoisotopic (exact) mass is 343 g/mol. The van der Waals surface area contributed by atoms with Crippen LogP contribution in [0.15, 0.2) is 24.3 Å². The first-order valence-electron chi connectivity index (χ1n) is 7.03. The van der Waals surface area contributed by atoms with Gasteiger partial charge in [0.25, 0.3) is 0 Å². The van der Waals surface area contributed by atoms with Gasteiger partial charge in [-0.05, 0) is 31.5 Å². The van der Waals surface area contributed by atoms with Crippen molar-refractivity contribution in [2.75, 3.05) is 6.26 Å². The zero-order valence-electron chi connectivity index (χ0n) is 13.5. The summed E-state index contributed by atoms with van der Waals surface area (Å²) >= 11 is 0. The Labute approximate surface area is 136 Å². The lowest BCUT2D eigenvalue weighted by atomic mass is 10.1. The number of ether oxygens (including phenoxy) is 1. The molecule has 0 bridgehead atoms. The standard InChI is InChI=1S/C15H21NO6S/c1-10(2)21-15(18)14(16-11(3)17)9-12-6-5-7-13(8-12)22-23(4,19)20/h5-8,10,14H,9H2,1-4H3,(H,16,17)/t14-/m0/s1. The fourth-order valence-electron chi connectivity index (χ4n) is 1.89. The summed E-state index contributed by atoms with van der Waals surface area (Å²) in [7, 11) is -3.64. The number of esters is 1. The third-order valence-corrected chi connectivity index (χ3v) is 3.09. The molecule has 7 nitrogen and oxygen atoms in total. The third kappa shape index (κ3) is 7.64. The van der Waals surface area contributed by atoms with Crippen LogP contribution in [0.4, 0.5) is 0 Å². The average molecular weight is 343 g/mol. The summed E-state index contributed by atoms with van der Waals surface area (Å²) < 4.78 is 32.2. The van der Waals surface area contributed by atoms with Crippen LogP contribution in [0.3, 0.4) is 0 Å². The second-order valence-corrected chi connectivity index (χ2v) is 6.95. The molecule has 23 heavy (non-hydrogen) atoms. The maximum Gasteiger partial charge on any atom is 0.329 e. The van der Waals surface area contributed by atoms with Crippen LogP contribution in [0.2, 0.25) is 0 Å². The van der Waals surface area contributed by atoms with Crippen molar-refractivity contribution < 1.29 is 26.9 Å². The minimum atomic E-state index is -3.64. The Bertz CT molecular complexity index is 668. The Morgan fingerprint density at radius 1 is 1.26 bits per heavy atom. The van der Waals surface area contributed by atoms with E-state index in [2.05, 4.69) is 5.32 Å². The van der Waals surface area contributed by atoms with Gasteiger partial charge in [-0.2, -0.15) is 8.42 Å². The Morgan fingerprint density at radius 2 is 1.91 bits per heavy atom. The highest BCUT2D eigenvalue weighted by atomic mass is 32.2. The Balaban J connectivity index is 2.92. The molecule has 0 radical (unpaired) electrons. The first-order valence-corrected chi connectivity index (χ1v) is 8.84. The molecule has 0 spiro atoms. The molecule has 128 valence electrons. The minimum absolute atomic E-state index is 0.142. The van der Waals surface area contributed by atoms with E-state index in [0.717, 1.165) is 6.26 Å². The summed E-state index contributed by atoms with van der Waals surface area (Å²) in [5.41, 5.74) is 0.630. The van der Waals surface area contributed by atoms with Gasteiger partial charge in [-0.1, -0.05) is 12.1 Å². The first kappa shape index (κ1) is 19.0. The van der Waals surface area contributed by atoms with Gasteiger partial charge in [-0.25, -0.2) is 4.79 Å². The number of hydrogen-bond acceptors (Lipinski definition) is 6. The van der Waals surface area contributed by atoms with E-state index in [-0.39, 0.29) is 24.2 Å². The predicted molar refractivity (Wildman–Crippen MR) is 84.5 cm³/mol. The molecular formula is C15H21NO6S. The largest absolute Gasteiger partial charge is 0.461 e. The quantitative estimate of drug-likeness (QED) is 0.586. The van der Waals surface area contributed by atoms with E-state index in [9.17, 15) is 18.0 Å². The molecule has 0 heterocycles. The van der Waals surface area contributed by atoms with Crippen LogP contribution in [0.1, 0.15) is 26.3 Å². The van der Waals surface area contributed by atoms with Crippen LogP contribution in [0.25, 0.3) is 0 Å². The second kappa shape index (κ2) is 7.96. The normalized spacial score (nSPS) is 12.6. The highest BCUT2D eigenvalue weighted by Gasteiger charge is 2.22. The van der Waals surface area contributed by atoms with Gasteiger partial charge >= 0.3 is 16.1 Å². The van der Waals surface area contributed by atoms with Crippen LogP contribution < -0.4 is 9.50 Å².